The minimum Gasteiger partial charge on any atom is -0.383 e. The molecule has 0 aromatic carbocycles. The van der Waals surface area contributed by atoms with Crippen molar-refractivity contribution in [3.63, 3.8) is 0 Å². The average Bonchev–Trinajstić information content (AvgIpc) is 3.04. The molecule has 0 saturated carbocycles. The lowest BCUT2D eigenvalue weighted by Gasteiger charge is -2.18. The smallest absolute Gasteiger partial charge is 0.191 e. The first-order valence-electron chi connectivity index (χ1n) is 7.90. The molecule has 126 valence electrons. The van der Waals surface area contributed by atoms with Gasteiger partial charge in [-0.05, 0) is 25.4 Å². The highest BCUT2D eigenvalue weighted by Crippen LogP contribution is 2.20. The van der Waals surface area contributed by atoms with Crippen molar-refractivity contribution in [2.75, 3.05) is 53.5 Å². The third-order valence-electron chi connectivity index (χ3n) is 3.36. The highest BCUT2D eigenvalue weighted by Gasteiger charge is 2.06. The first-order valence-corrected chi connectivity index (χ1v) is 8.78. The second-order valence-electron chi connectivity index (χ2n) is 5.36. The lowest BCUT2D eigenvalue weighted by molar-refractivity contribution is 0.162. The maximum absolute atomic E-state index is 5.08. The number of nitrogens with zero attached hydrogens (tertiary/aromatic N) is 2. The number of nitrogens with one attached hydrogen (secondary N) is 2. The first kappa shape index (κ1) is 18.9. The normalized spacial score (nSPS) is 13.4. The van der Waals surface area contributed by atoms with Crippen molar-refractivity contribution in [1.82, 2.24) is 15.5 Å². The maximum Gasteiger partial charge on any atom is 0.191 e. The fourth-order valence-electron chi connectivity index (χ4n) is 1.96. The quantitative estimate of drug-likeness (QED) is 0.510. The molecule has 0 spiro atoms. The molecule has 0 amide bonds. The van der Waals surface area contributed by atoms with Gasteiger partial charge >= 0.3 is 0 Å². The summed E-state index contributed by atoms with van der Waals surface area (Å²) in [6, 6.07) is 4.27. The van der Waals surface area contributed by atoms with Crippen molar-refractivity contribution >= 4 is 17.3 Å². The number of aliphatic imine (C=N–C) groups is 1. The highest BCUT2D eigenvalue weighted by atomic mass is 32.1. The Morgan fingerprint density at radius 3 is 2.86 bits per heavy atom. The van der Waals surface area contributed by atoms with Gasteiger partial charge in [0.25, 0.3) is 0 Å². The molecule has 6 heteroatoms. The summed E-state index contributed by atoms with van der Waals surface area (Å²) in [5.74, 6) is 1.35. The Hall–Kier alpha value is -1.11. The molecule has 0 aliphatic heterocycles. The van der Waals surface area contributed by atoms with Gasteiger partial charge in [0.1, 0.15) is 0 Å². The summed E-state index contributed by atoms with van der Waals surface area (Å²) < 4.78 is 5.08. The van der Waals surface area contributed by atoms with E-state index in [1.54, 1.807) is 18.4 Å². The third-order valence-corrected chi connectivity index (χ3v) is 4.46. The van der Waals surface area contributed by atoms with Crippen LogP contribution < -0.4 is 10.6 Å². The van der Waals surface area contributed by atoms with Crippen molar-refractivity contribution in [2.45, 2.75) is 19.8 Å². The zero-order valence-corrected chi connectivity index (χ0v) is 15.1. The molecule has 1 aromatic heterocycles. The second kappa shape index (κ2) is 11.5. The fraction of sp³-hybridized carbons (Fsp3) is 0.688. The Morgan fingerprint density at radius 1 is 1.41 bits per heavy atom. The second-order valence-corrected chi connectivity index (χ2v) is 6.34. The van der Waals surface area contributed by atoms with Crippen LogP contribution >= 0.6 is 11.3 Å². The molecule has 0 saturated heterocycles. The minimum atomic E-state index is 0.458. The summed E-state index contributed by atoms with van der Waals surface area (Å²) in [5.41, 5.74) is 0. The van der Waals surface area contributed by atoms with Gasteiger partial charge in [-0.2, -0.15) is 0 Å². The van der Waals surface area contributed by atoms with Crippen LogP contribution in [0.25, 0.3) is 0 Å². The number of thiophene rings is 1. The van der Waals surface area contributed by atoms with E-state index in [9.17, 15) is 0 Å². The van der Waals surface area contributed by atoms with E-state index in [2.05, 4.69) is 58.9 Å². The predicted octanol–water partition coefficient (Wildman–Crippen LogP) is 1.98. The van der Waals surface area contributed by atoms with Gasteiger partial charge in [-0.3, -0.25) is 4.99 Å². The lowest BCUT2D eigenvalue weighted by atomic mass is 10.1. The van der Waals surface area contributed by atoms with Crippen LogP contribution in [0.3, 0.4) is 0 Å². The van der Waals surface area contributed by atoms with Gasteiger partial charge < -0.3 is 20.3 Å². The van der Waals surface area contributed by atoms with Crippen molar-refractivity contribution in [2.24, 2.45) is 4.99 Å². The van der Waals surface area contributed by atoms with Gasteiger partial charge in [-0.25, -0.2) is 0 Å². The molecule has 0 aliphatic rings. The molecule has 5 nitrogen and oxygen atoms in total. The Morgan fingerprint density at radius 2 is 2.23 bits per heavy atom. The van der Waals surface area contributed by atoms with Crippen LogP contribution in [0, 0.1) is 0 Å². The van der Waals surface area contributed by atoms with E-state index in [0.717, 1.165) is 45.3 Å². The third kappa shape index (κ3) is 7.77. The molecule has 1 rings (SSSR count). The molecule has 0 bridgehead atoms. The molecule has 0 fully saturated rings. The van der Waals surface area contributed by atoms with Crippen molar-refractivity contribution in [3.05, 3.63) is 22.4 Å². The summed E-state index contributed by atoms with van der Waals surface area (Å²) >= 11 is 1.80. The molecule has 0 aliphatic carbocycles. The number of ether oxygens (including phenoxy) is 1. The SMILES string of the molecule is CCNC(=NCC(C)c1cccs1)NCCN(C)CCOC. The van der Waals surface area contributed by atoms with E-state index in [4.69, 9.17) is 4.74 Å². The van der Waals surface area contributed by atoms with Crippen LogP contribution in [0.5, 0.6) is 0 Å². The zero-order chi connectivity index (χ0) is 16.2. The fourth-order valence-corrected chi connectivity index (χ4v) is 2.73. The van der Waals surface area contributed by atoms with E-state index in [1.165, 1.54) is 4.88 Å². The summed E-state index contributed by atoms with van der Waals surface area (Å²) in [5, 5.41) is 8.81. The predicted molar refractivity (Wildman–Crippen MR) is 96.1 cm³/mol. The maximum atomic E-state index is 5.08. The van der Waals surface area contributed by atoms with E-state index >= 15 is 0 Å². The van der Waals surface area contributed by atoms with Crippen LogP contribution in [0.2, 0.25) is 0 Å². The molecule has 1 heterocycles. The van der Waals surface area contributed by atoms with Gasteiger partial charge in [0.05, 0.1) is 13.2 Å². The summed E-state index contributed by atoms with van der Waals surface area (Å²) in [6.45, 7) is 9.54. The monoisotopic (exact) mass is 326 g/mol. The number of rotatable bonds is 10. The number of hydrogen-bond acceptors (Lipinski definition) is 4. The average molecular weight is 327 g/mol. The van der Waals surface area contributed by atoms with Gasteiger partial charge in [0.2, 0.25) is 0 Å². The van der Waals surface area contributed by atoms with Crippen LogP contribution in [0.4, 0.5) is 0 Å². The van der Waals surface area contributed by atoms with Crippen molar-refractivity contribution in [3.8, 4) is 0 Å². The van der Waals surface area contributed by atoms with Crippen LogP contribution in [-0.4, -0.2) is 64.3 Å². The largest absolute Gasteiger partial charge is 0.383 e. The first-order chi connectivity index (χ1) is 10.7. The Balaban J connectivity index is 2.35. The molecule has 1 atom stereocenters. The van der Waals surface area contributed by atoms with Gasteiger partial charge in [-0.1, -0.05) is 13.0 Å². The number of methoxy groups -OCH3 is 1. The van der Waals surface area contributed by atoms with Gasteiger partial charge in [-0.15, -0.1) is 11.3 Å². The van der Waals surface area contributed by atoms with E-state index in [-0.39, 0.29) is 0 Å². The summed E-state index contributed by atoms with van der Waals surface area (Å²) in [7, 11) is 3.83. The van der Waals surface area contributed by atoms with E-state index in [1.807, 2.05) is 0 Å². The molecular weight excluding hydrogens is 296 g/mol. The lowest BCUT2D eigenvalue weighted by Crippen LogP contribution is -2.41. The Kier molecular flexibility index (Phi) is 9.86. The van der Waals surface area contributed by atoms with E-state index in [0.29, 0.717) is 5.92 Å². The topological polar surface area (TPSA) is 48.9 Å². The highest BCUT2D eigenvalue weighted by molar-refractivity contribution is 7.10. The number of likely N-dealkylation sites (N-methyl/N-ethyl adjacent to an activating group) is 1. The number of hydrogen-bond donors (Lipinski definition) is 2. The number of guanidine groups is 1. The molecule has 1 unspecified atom stereocenters. The van der Waals surface area contributed by atoms with Crippen LogP contribution in [0.1, 0.15) is 24.6 Å². The van der Waals surface area contributed by atoms with E-state index < -0.39 is 0 Å². The molecule has 0 radical (unpaired) electrons. The molecule has 1 aromatic rings. The standard InChI is InChI=1S/C16H30N4OS/c1-5-17-16(18-8-9-20(3)10-11-21-4)19-13-14(2)15-7-6-12-22-15/h6-7,12,14H,5,8-11,13H2,1-4H3,(H2,17,18,19). The minimum absolute atomic E-state index is 0.458. The van der Waals surface area contributed by atoms with Gasteiger partial charge in [0.15, 0.2) is 5.96 Å². The van der Waals surface area contributed by atoms with Crippen LogP contribution in [-0.2, 0) is 4.74 Å². The Labute approximate surface area is 138 Å². The molecular formula is C16H30N4OS. The molecule has 2 N–H and O–H groups in total. The van der Waals surface area contributed by atoms with Crippen LogP contribution in [0.15, 0.2) is 22.5 Å². The van der Waals surface area contributed by atoms with Gasteiger partial charge in [0, 0.05) is 44.1 Å². The van der Waals surface area contributed by atoms with Crippen molar-refractivity contribution < 1.29 is 4.74 Å². The molecule has 22 heavy (non-hydrogen) atoms. The Bertz CT molecular complexity index is 408. The zero-order valence-electron chi connectivity index (χ0n) is 14.3. The van der Waals surface area contributed by atoms with Crippen molar-refractivity contribution in [1.29, 1.82) is 0 Å². The summed E-state index contributed by atoms with van der Waals surface area (Å²) in [6.07, 6.45) is 0. The summed E-state index contributed by atoms with van der Waals surface area (Å²) in [4.78, 5) is 8.32.